The number of benzene rings is 3. The zero-order valence-electron chi connectivity index (χ0n) is 22.1. The summed E-state index contributed by atoms with van der Waals surface area (Å²) >= 11 is 0. The van der Waals surface area contributed by atoms with Crippen molar-refractivity contribution in [1.82, 2.24) is 24.9 Å². The molecular weight excluding hydrogens is 496 g/mol. The number of rotatable bonds is 6. The fourth-order valence-corrected chi connectivity index (χ4v) is 4.58. The van der Waals surface area contributed by atoms with Crippen LogP contribution in [0.25, 0.3) is 34.2 Å². The van der Waals surface area contributed by atoms with Gasteiger partial charge in [0.25, 0.3) is 0 Å². The molecule has 0 aliphatic rings. The van der Waals surface area contributed by atoms with Gasteiger partial charge in [-0.15, -0.1) is 0 Å². The van der Waals surface area contributed by atoms with Crippen molar-refractivity contribution in [3.63, 3.8) is 0 Å². The molecule has 0 unspecified atom stereocenters. The van der Waals surface area contributed by atoms with E-state index in [-0.39, 0.29) is 5.75 Å². The second kappa shape index (κ2) is 10.7. The van der Waals surface area contributed by atoms with E-state index < -0.39 is 0 Å². The minimum Gasteiger partial charge on any atom is -0.507 e. The molecule has 0 aliphatic heterocycles. The van der Waals surface area contributed by atoms with Crippen LogP contribution in [0.4, 0.5) is 17.2 Å². The monoisotopic (exact) mass is 522 g/mol. The molecule has 0 bridgehead atoms. The molecule has 194 valence electrons. The maximum atomic E-state index is 10.6. The Balaban J connectivity index is 1.53. The van der Waals surface area contributed by atoms with Crippen LogP contribution in [0.5, 0.6) is 5.75 Å². The highest BCUT2D eigenvalue weighted by Gasteiger charge is 2.19. The van der Waals surface area contributed by atoms with Crippen LogP contribution < -0.4 is 4.90 Å². The molecule has 3 aromatic carbocycles. The molecule has 7 nitrogen and oxygen atoms in total. The Morgan fingerprint density at radius 1 is 0.600 bits per heavy atom. The molecule has 6 rings (SSSR count). The zero-order chi connectivity index (χ0) is 27.5. The fourth-order valence-electron chi connectivity index (χ4n) is 4.58. The summed E-state index contributed by atoms with van der Waals surface area (Å²) in [7, 11) is 0. The number of phenols is 1. The van der Waals surface area contributed by atoms with Crippen molar-refractivity contribution in [2.45, 2.75) is 13.8 Å². The van der Waals surface area contributed by atoms with Gasteiger partial charge in [-0.2, -0.15) is 0 Å². The molecule has 0 aliphatic carbocycles. The van der Waals surface area contributed by atoms with Gasteiger partial charge >= 0.3 is 0 Å². The van der Waals surface area contributed by atoms with Gasteiger partial charge < -0.3 is 5.11 Å². The van der Waals surface area contributed by atoms with Crippen LogP contribution in [0.1, 0.15) is 11.4 Å². The molecule has 0 radical (unpaired) electrons. The number of hydrogen-bond acceptors (Lipinski definition) is 7. The van der Waals surface area contributed by atoms with Crippen LogP contribution in [-0.2, 0) is 0 Å². The Hall–Kier alpha value is -5.43. The average molecular weight is 523 g/mol. The van der Waals surface area contributed by atoms with Gasteiger partial charge in [-0.3, -0.25) is 9.88 Å². The molecule has 0 saturated heterocycles. The van der Waals surface area contributed by atoms with E-state index in [0.29, 0.717) is 23.0 Å². The number of phenolic OH excluding ortho intramolecular Hbond substituents is 1. The summed E-state index contributed by atoms with van der Waals surface area (Å²) in [4.78, 5) is 25.8. The molecule has 40 heavy (non-hydrogen) atoms. The smallest absolute Gasteiger partial charge is 0.167 e. The van der Waals surface area contributed by atoms with Gasteiger partial charge in [0.15, 0.2) is 17.5 Å². The molecule has 1 N–H and O–H groups in total. The number of aryl methyl sites for hydroxylation is 2. The molecule has 6 aromatic rings. The number of pyridine rings is 2. The van der Waals surface area contributed by atoms with Gasteiger partial charge in [-0.05, 0) is 62.4 Å². The lowest BCUT2D eigenvalue weighted by Crippen LogP contribution is -2.13. The number of para-hydroxylation sites is 1. The first-order chi connectivity index (χ1) is 19.6. The van der Waals surface area contributed by atoms with Crippen molar-refractivity contribution >= 4 is 17.2 Å². The van der Waals surface area contributed by atoms with E-state index in [1.165, 1.54) is 0 Å². The number of anilines is 3. The molecule has 0 saturated carbocycles. The van der Waals surface area contributed by atoms with Crippen molar-refractivity contribution in [2.75, 3.05) is 4.90 Å². The molecule has 7 heteroatoms. The molecule has 0 fully saturated rings. The SMILES string of the molecule is Cc1ccc(N(c2cccc(-c3nc(-c4ccccc4)nc(-c4ccccc4O)n3)c2)c2ccccn2)c(C)n1. The van der Waals surface area contributed by atoms with E-state index >= 15 is 0 Å². The highest BCUT2D eigenvalue weighted by molar-refractivity contribution is 5.79. The van der Waals surface area contributed by atoms with Crippen LogP contribution in [0.2, 0.25) is 0 Å². The number of nitrogens with zero attached hydrogens (tertiary/aromatic N) is 6. The summed E-state index contributed by atoms with van der Waals surface area (Å²) in [6.45, 7) is 3.98. The topological polar surface area (TPSA) is 87.9 Å². The van der Waals surface area contributed by atoms with Crippen molar-refractivity contribution in [3.8, 4) is 39.9 Å². The molecule has 0 atom stereocenters. The third kappa shape index (κ3) is 5.00. The van der Waals surface area contributed by atoms with Crippen molar-refractivity contribution < 1.29 is 5.11 Å². The maximum absolute atomic E-state index is 10.6. The molecule has 0 amide bonds. The molecular formula is C33H26N6O. The van der Waals surface area contributed by atoms with Crippen molar-refractivity contribution in [1.29, 1.82) is 0 Å². The first-order valence-corrected chi connectivity index (χ1v) is 12.9. The summed E-state index contributed by atoms with van der Waals surface area (Å²) < 4.78 is 0. The van der Waals surface area contributed by atoms with E-state index in [2.05, 4.69) is 16.0 Å². The third-order valence-corrected chi connectivity index (χ3v) is 6.49. The van der Waals surface area contributed by atoms with Gasteiger partial charge in [0, 0.05) is 28.7 Å². The van der Waals surface area contributed by atoms with Crippen LogP contribution in [0.3, 0.4) is 0 Å². The standard InChI is InChI=1S/C33H26N6O/c1-22-18-19-28(23(2)35-22)39(30-17-8-9-20-34-30)26-14-10-13-25(21-26)32-36-31(24-11-4-3-5-12-24)37-33(38-32)27-15-6-7-16-29(27)40/h3-21,40H,1-2H3. The molecule has 3 aromatic heterocycles. The third-order valence-electron chi connectivity index (χ3n) is 6.49. The van der Waals surface area contributed by atoms with Gasteiger partial charge in [-0.1, -0.05) is 60.7 Å². The van der Waals surface area contributed by atoms with Crippen LogP contribution in [0, 0.1) is 13.8 Å². The Morgan fingerprint density at radius 2 is 1.30 bits per heavy atom. The summed E-state index contributed by atoms with van der Waals surface area (Å²) in [5.74, 6) is 2.29. The second-order valence-electron chi connectivity index (χ2n) is 9.32. The summed E-state index contributed by atoms with van der Waals surface area (Å²) in [6.07, 6.45) is 1.78. The number of aromatic nitrogens is 5. The minimum atomic E-state index is 0.107. The number of aromatic hydroxyl groups is 1. The van der Waals surface area contributed by atoms with Crippen molar-refractivity contribution in [3.05, 3.63) is 127 Å². The molecule has 0 spiro atoms. The van der Waals surface area contributed by atoms with E-state index in [9.17, 15) is 5.11 Å². The van der Waals surface area contributed by atoms with Gasteiger partial charge in [-0.25, -0.2) is 19.9 Å². The normalized spacial score (nSPS) is 10.8. The lowest BCUT2D eigenvalue weighted by atomic mass is 10.1. The largest absolute Gasteiger partial charge is 0.507 e. The molecule has 3 heterocycles. The zero-order valence-corrected chi connectivity index (χ0v) is 22.1. The van der Waals surface area contributed by atoms with E-state index in [1.807, 2.05) is 98.8 Å². The predicted molar refractivity (Wildman–Crippen MR) is 158 cm³/mol. The van der Waals surface area contributed by atoms with Gasteiger partial charge in [0.05, 0.1) is 16.9 Å². The van der Waals surface area contributed by atoms with E-state index in [0.717, 1.165) is 39.7 Å². The highest BCUT2D eigenvalue weighted by atomic mass is 16.3. The van der Waals surface area contributed by atoms with Crippen LogP contribution >= 0.6 is 0 Å². The van der Waals surface area contributed by atoms with E-state index in [1.54, 1.807) is 24.4 Å². The Labute approximate surface area is 232 Å². The summed E-state index contributed by atoms with van der Waals surface area (Å²) in [5.41, 5.74) is 5.85. The lowest BCUT2D eigenvalue weighted by Gasteiger charge is -2.26. The Kier molecular flexibility index (Phi) is 6.68. The highest BCUT2D eigenvalue weighted by Crippen LogP contribution is 2.37. The van der Waals surface area contributed by atoms with Gasteiger partial charge in [0.2, 0.25) is 0 Å². The minimum absolute atomic E-state index is 0.107. The van der Waals surface area contributed by atoms with E-state index in [4.69, 9.17) is 19.9 Å². The Morgan fingerprint density at radius 3 is 2.05 bits per heavy atom. The van der Waals surface area contributed by atoms with Crippen LogP contribution in [-0.4, -0.2) is 30.0 Å². The Bertz CT molecular complexity index is 1790. The maximum Gasteiger partial charge on any atom is 0.167 e. The fraction of sp³-hybridized carbons (Fsp3) is 0.0606. The number of hydrogen-bond donors (Lipinski definition) is 1. The lowest BCUT2D eigenvalue weighted by molar-refractivity contribution is 0.477. The van der Waals surface area contributed by atoms with Gasteiger partial charge in [0.1, 0.15) is 11.6 Å². The summed E-state index contributed by atoms with van der Waals surface area (Å²) in [6, 6.07) is 34.7. The summed E-state index contributed by atoms with van der Waals surface area (Å²) in [5, 5.41) is 10.6. The average Bonchev–Trinajstić information content (AvgIpc) is 3.00. The second-order valence-corrected chi connectivity index (χ2v) is 9.32. The first kappa shape index (κ1) is 24.9. The predicted octanol–water partition coefficient (Wildman–Crippen LogP) is 7.45. The quantitative estimate of drug-likeness (QED) is 0.243. The first-order valence-electron chi connectivity index (χ1n) is 12.9. The van der Waals surface area contributed by atoms with Crippen molar-refractivity contribution in [2.24, 2.45) is 0 Å². The van der Waals surface area contributed by atoms with Crippen LogP contribution in [0.15, 0.2) is 115 Å².